The van der Waals surface area contributed by atoms with Gasteiger partial charge in [-0.05, 0) is 24.8 Å². The molecule has 70 valence electrons. The normalized spacial score (nSPS) is 14.2. The summed E-state index contributed by atoms with van der Waals surface area (Å²) in [5.74, 6) is 1.21. The first-order chi connectivity index (χ1) is 5.63. The highest BCUT2D eigenvalue weighted by molar-refractivity contribution is 6.19. The summed E-state index contributed by atoms with van der Waals surface area (Å²) in [6.45, 7) is 8.63. The fraction of sp³-hybridized carbons (Fsp3) is 0.636. The Morgan fingerprint density at radius 1 is 1.42 bits per heavy atom. The molecular formula is C11H19Cl. The van der Waals surface area contributed by atoms with Crippen LogP contribution in [0.3, 0.4) is 0 Å². The van der Waals surface area contributed by atoms with Crippen LogP contribution in [0, 0.1) is 5.92 Å². The third-order valence-corrected chi connectivity index (χ3v) is 2.24. The Kier molecular flexibility index (Phi) is 6.18. The Labute approximate surface area is 81.3 Å². The van der Waals surface area contributed by atoms with E-state index in [2.05, 4.69) is 39.8 Å². The molecule has 0 spiro atoms. The second-order valence-corrected chi connectivity index (χ2v) is 3.57. The van der Waals surface area contributed by atoms with Gasteiger partial charge in [-0.15, -0.1) is 11.6 Å². The summed E-state index contributed by atoms with van der Waals surface area (Å²) < 4.78 is 0. The maximum absolute atomic E-state index is 5.84. The lowest BCUT2D eigenvalue weighted by Gasteiger charge is -2.10. The lowest BCUT2D eigenvalue weighted by molar-refractivity contribution is 0.763. The zero-order chi connectivity index (χ0) is 9.56. The van der Waals surface area contributed by atoms with Crippen LogP contribution in [-0.4, -0.2) is 5.88 Å². The van der Waals surface area contributed by atoms with Crippen LogP contribution >= 0.6 is 11.6 Å². The van der Waals surface area contributed by atoms with Gasteiger partial charge in [0.25, 0.3) is 0 Å². The van der Waals surface area contributed by atoms with E-state index in [1.165, 1.54) is 11.1 Å². The average Bonchev–Trinajstić information content (AvgIpc) is 2.01. The molecule has 0 aliphatic rings. The van der Waals surface area contributed by atoms with E-state index in [-0.39, 0.29) is 0 Å². The molecule has 0 fully saturated rings. The largest absolute Gasteiger partial charge is 0.122 e. The Hall–Kier alpha value is -0.230. The number of hydrogen-bond donors (Lipinski definition) is 0. The van der Waals surface area contributed by atoms with Crippen LogP contribution in [0.2, 0.25) is 0 Å². The minimum absolute atomic E-state index is 0.559. The third kappa shape index (κ3) is 3.96. The molecule has 1 heteroatoms. The molecule has 0 bridgehead atoms. The molecule has 0 aliphatic heterocycles. The van der Waals surface area contributed by atoms with Crippen molar-refractivity contribution in [2.24, 2.45) is 5.92 Å². The van der Waals surface area contributed by atoms with Crippen LogP contribution in [0.15, 0.2) is 23.3 Å². The minimum atomic E-state index is 0.559. The molecule has 0 rings (SSSR count). The summed E-state index contributed by atoms with van der Waals surface area (Å²) in [5.41, 5.74) is 2.67. The van der Waals surface area contributed by atoms with E-state index < -0.39 is 0 Å². The number of alkyl halides is 1. The van der Waals surface area contributed by atoms with Gasteiger partial charge in [-0.25, -0.2) is 0 Å². The van der Waals surface area contributed by atoms with Crippen molar-refractivity contribution < 1.29 is 0 Å². The molecule has 0 aromatic heterocycles. The van der Waals surface area contributed by atoms with Crippen molar-refractivity contribution in [3.63, 3.8) is 0 Å². The topological polar surface area (TPSA) is 0 Å². The van der Waals surface area contributed by atoms with Crippen LogP contribution in [0.5, 0.6) is 0 Å². The highest BCUT2D eigenvalue weighted by Gasteiger charge is 2.03. The predicted octanol–water partition coefficient (Wildman–Crippen LogP) is 4.16. The Bertz CT molecular complexity index is 175. The molecule has 0 N–H and O–H groups in total. The highest BCUT2D eigenvalue weighted by atomic mass is 35.5. The lowest BCUT2D eigenvalue weighted by Crippen LogP contribution is -1.98. The molecule has 0 saturated carbocycles. The van der Waals surface area contributed by atoms with Gasteiger partial charge in [0, 0.05) is 5.88 Å². The molecule has 0 saturated heterocycles. The van der Waals surface area contributed by atoms with Crippen LogP contribution in [0.4, 0.5) is 0 Å². The van der Waals surface area contributed by atoms with E-state index in [1.54, 1.807) is 0 Å². The van der Waals surface area contributed by atoms with Gasteiger partial charge in [-0.2, -0.15) is 0 Å². The Morgan fingerprint density at radius 2 is 2.00 bits per heavy atom. The third-order valence-electron chi connectivity index (χ3n) is 1.95. The van der Waals surface area contributed by atoms with E-state index in [0.717, 1.165) is 6.42 Å². The fourth-order valence-electron chi connectivity index (χ4n) is 1.12. The fourth-order valence-corrected chi connectivity index (χ4v) is 1.64. The highest BCUT2D eigenvalue weighted by Crippen LogP contribution is 2.17. The minimum Gasteiger partial charge on any atom is -0.122 e. The van der Waals surface area contributed by atoms with Crippen molar-refractivity contribution in [1.82, 2.24) is 0 Å². The van der Waals surface area contributed by atoms with Gasteiger partial charge in [0.05, 0.1) is 0 Å². The summed E-state index contributed by atoms with van der Waals surface area (Å²) in [7, 11) is 0. The van der Waals surface area contributed by atoms with Crippen LogP contribution in [0.25, 0.3) is 0 Å². The van der Waals surface area contributed by atoms with Crippen molar-refractivity contribution in [3.8, 4) is 0 Å². The summed E-state index contributed by atoms with van der Waals surface area (Å²) in [4.78, 5) is 0. The van der Waals surface area contributed by atoms with E-state index in [0.29, 0.717) is 11.8 Å². The Morgan fingerprint density at radius 3 is 2.33 bits per heavy atom. The van der Waals surface area contributed by atoms with Gasteiger partial charge >= 0.3 is 0 Å². The first-order valence-corrected chi connectivity index (χ1v) is 5.09. The first kappa shape index (κ1) is 11.8. The number of halogens is 1. The number of allylic oxidation sites excluding steroid dienone is 4. The van der Waals surface area contributed by atoms with Crippen molar-refractivity contribution >= 4 is 11.6 Å². The van der Waals surface area contributed by atoms with Crippen LogP contribution < -0.4 is 0 Å². The molecule has 0 amide bonds. The molecule has 0 radical (unpaired) electrons. The molecule has 0 aromatic carbocycles. The first-order valence-electron chi connectivity index (χ1n) is 4.55. The maximum Gasteiger partial charge on any atom is 0.0441 e. The molecule has 0 unspecified atom stereocenters. The summed E-state index contributed by atoms with van der Waals surface area (Å²) >= 11 is 5.84. The molecule has 0 heterocycles. The monoisotopic (exact) mass is 186 g/mol. The van der Waals surface area contributed by atoms with E-state index in [1.807, 2.05) is 0 Å². The predicted molar refractivity (Wildman–Crippen MR) is 57.7 cm³/mol. The molecule has 0 nitrogen and oxygen atoms in total. The summed E-state index contributed by atoms with van der Waals surface area (Å²) in [6.07, 6.45) is 5.42. The van der Waals surface area contributed by atoms with E-state index in [9.17, 15) is 0 Å². The van der Waals surface area contributed by atoms with E-state index >= 15 is 0 Å². The van der Waals surface area contributed by atoms with Crippen LogP contribution in [-0.2, 0) is 0 Å². The molecular weight excluding hydrogens is 168 g/mol. The van der Waals surface area contributed by atoms with Crippen molar-refractivity contribution in [2.45, 2.75) is 34.1 Å². The van der Waals surface area contributed by atoms with Gasteiger partial charge in [0.15, 0.2) is 0 Å². The van der Waals surface area contributed by atoms with Crippen LogP contribution in [0.1, 0.15) is 34.1 Å². The lowest BCUT2D eigenvalue weighted by atomic mass is 9.99. The van der Waals surface area contributed by atoms with Crippen molar-refractivity contribution in [1.29, 1.82) is 0 Å². The van der Waals surface area contributed by atoms with Gasteiger partial charge in [-0.1, -0.05) is 38.5 Å². The molecule has 0 atom stereocenters. The number of rotatable bonds is 4. The van der Waals surface area contributed by atoms with Gasteiger partial charge in [0.1, 0.15) is 0 Å². The van der Waals surface area contributed by atoms with Gasteiger partial charge in [0.2, 0.25) is 0 Å². The van der Waals surface area contributed by atoms with Gasteiger partial charge < -0.3 is 0 Å². The summed E-state index contributed by atoms with van der Waals surface area (Å²) in [5, 5.41) is 0. The SMILES string of the molecule is CC/C=C\C(C)=C(/CCl)C(C)C. The average molecular weight is 187 g/mol. The van der Waals surface area contributed by atoms with E-state index in [4.69, 9.17) is 11.6 Å². The maximum atomic E-state index is 5.84. The Balaban J connectivity index is 4.48. The summed E-state index contributed by atoms with van der Waals surface area (Å²) in [6, 6.07) is 0. The molecule has 12 heavy (non-hydrogen) atoms. The zero-order valence-corrected chi connectivity index (χ0v) is 9.28. The second-order valence-electron chi connectivity index (χ2n) is 3.31. The standard InChI is InChI=1S/C11H19Cl/c1-5-6-7-10(4)11(8-12)9(2)3/h6-7,9H,5,8H2,1-4H3/b7-6-,11-10+. The second kappa shape index (κ2) is 6.30. The molecule has 0 aliphatic carbocycles. The molecule has 0 aromatic rings. The van der Waals surface area contributed by atoms with Crippen molar-refractivity contribution in [2.75, 3.05) is 5.88 Å². The van der Waals surface area contributed by atoms with Gasteiger partial charge in [-0.3, -0.25) is 0 Å². The quantitative estimate of drug-likeness (QED) is 0.457. The zero-order valence-electron chi connectivity index (χ0n) is 8.52. The number of hydrogen-bond acceptors (Lipinski definition) is 0. The van der Waals surface area contributed by atoms with Crippen molar-refractivity contribution in [3.05, 3.63) is 23.3 Å². The smallest absolute Gasteiger partial charge is 0.0441 e.